The number of nitrogens with two attached hydrogens (primary N) is 1. The number of hydrogen-bond donors (Lipinski definition) is 2. The van der Waals surface area contributed by atoms with E-state index in [4.69, 9.17) is 5.73 Å². The smallest absolute Gasteiger partial charge is 0.253 e. The Bertz CT molecular complexity index is 452. The molecule has 0 radical (unpaired) electrons. The van der Waals surface area contributed by atoms with Gasteiger partial charge in [0.05, 0.1) is 0 Å². The van der Waals surface area contributed by atoms with Crippen LogP contribution in [-0.4, -0.2) is 43.4 Å². The molecule has 0 aliphatic heterocycles. The highest BCUT2D eigenvalue weighted by Crippen LogP contribution is 2.08. The second-order valence-corrected chi connectivity index (χ2v) is 4.30. The van der Waals surface area contributed by atoms with Crippen LogP contribution in [0.2, 0.25) is 0 Å². The van der Waals surface area contributed by atoms with E-state index in [-0.39, 0.29) is 24.2 Å². The Morgan fingerprint density at radius 3 is 2.55 bits per heavy atom. The molecule has 0 spiro atoms. The first-order valence-electron chi connectivity index (χ1n) is 6.44. The van der Waals surface area contributed by atoms with Gasteiger partial charge in [-0.3, -0.25) is 9.59 Å². The van der Waals surface area contributed by atoms with Crippen molar-refractivity contribution in [3.05, 3.63) is 35.4 Å². The van der Waals surface area contributed by atoms with Crippen molar-refractivity contribution in [2.45, 2.75) is 13.3 Å². The van der Waals surface area contributed by atoms with Crippen LogP contribution in [0.4, 0.5) is 0 Å². The molecule has 0 aromatic heterocycles. The Kier molecular flexibility index (Phi) is 8.59. The van der Waals surface area contributed by atoms with E-state index in [1.54, 1.807) is 36.2 Å². The zero-order valence-corrected chi connectivity index (χ0v) is 12.7. The van der Waals surface area contributed by atoms with Crippen LogP contribution >= 0.6 is 12.4 Å². The van der Waals surface area contributed by atoms with E-state index < -0.39 is 0 Å². The van der Waals surface area contributed by atoms with Gasteiger partial charge in [-0.1, -0.05) is 6.07 Å². The monoisotopic (exact) mass is 299 g/mol. The number of carbonyl (C=O) groups excluding carboxylic acids is 2. The van der Waals surface area contributed by atoms with Gasteiger partial charge in [-0.15, -0.1) is 12.4 Å². The van der Waals surface area contributed by atoms with E-state index in [2.05, 4.69) is 5.32 Å². The summed E-state index contributed by atoms with van der Waals surface area (Å²) < 4.78 is 0. The number of benzene rings is 1. The van der Waals surface area contributed by atoms with Crippen LogP contribution < -0.4 is 11.1 Å². The molecular weight excluding hydrogens is 278 g/mol. The number of amides is 2. The molecule has 0 saturated carbocycles. The van der Waals surface area contributed by atoms with Crippen molar-refractivity contribution in [3.8, 4) is 0 Å². The Morgan fingerprint density at radius 2 is 1.95 bits per heavy atom. The summed E-state index contributed by atoms with van der Waals surface area (Å²) in [4.78, 5) is 25.4. The van der Waals surface area contributed by atoms with Crippen molar-refractivity contribution >= 4 is 24.2 Å². The van der Waals surface area contributed by atoms with Gasteiger partial charge in [0, 0.05) is 31.3 Å². The molecule has 0 aliphatic carbocycles. The van der Waals surface area contributed by atoms with Gasteiger partial charge in [0.25, 0.3) is 11.8 Å². The average Bonchev–Trinajstić information content (AvgIpc) is 2.45. The normalized spacial score (nSPS) is 9.55. The minimum Gasteiger partial charge on any atom is -0.352 e. The maximum absolute atomic E-state index is 12.0. The summed E-state index contributed by atoms with van der Waals surface area (Å²) in [6.45, 7) is 3.62. The maximum atomic E-state index is 12.0. The highest BCUT2D eigenvalue weighted by atomic mass is 35.5. The van der Waals surface area contributed by atoms with E-state index >= 15 is 0 Å². The Morgan fingerprint density at radius 1 is 1.30 bits per heavy atom. The SMILES string of the molecule is CCN(C)C(=O)c1cccc(C(=O)NCCCN)c1.Cl. The minimum absolute atomic E-state index is 0. The fourth-order valence-corrected chi connectivity index (χ4v) is 1.56. The molecule has 2 amide bonds. The van der Waals surface area contributed by atoms with Crippen LogP contribution in [0.3, 0.4) is 0 Å². The van der Waals surface area contributed by atoms with E-state index in [1.807, 2.05) is 6.92 Å². The lowest BCUT2D eigenvalue weighted by atomic mass is 10.1. The quantitative estimate of drug-likeness (QED) is 0.777. The fourth-order valence-electron chi connectivity index (χ4n) is 1.56. The second-order valence-electron chi connectivity index (χ2n) is 4.30. The van der Waals surface area contributed by atoms with Crippen molar-refractivity contribution in [1.29, 1.82) is 0 Å². The first-order chi connectivity index (χ1) is 9.10. The van der Waals surface area contributed by atoms with Gasteiger partial charge < -0.3 is 16.0 Å². The van der Waals surface area contributed by atoms with E-state index in [1.165, 1.54) is 0 Å². The van der Waals surface area contributed by atoms with E-state index in [0.717, 1.165) is 6.42 Å². The van der Waals surface area contributed by atoms with E-state index in [9.17, 15) is 9.59 Å². The molecule has 20 heavy (non-hydrogen) atoms. The minimum atomic E-state index is -0.178. The highest BCUT2D eigenvalue weighted by molar-refractivity contribution is 5.99. The molecular formula is C14H22ClN3O2. The van der Waals surface area contributed by atoms with Gasteiger partial charge in [-0.2, -0.15) is 0 Å². The number of nitrogens with one attached hydrogen (secondary N) is 1. The molecule has 1 rings (SSSR count). The van der Waals surface area contributed by atoms with Gasteiger partial charge in [0.15, 0.2) is 0 Å². The van der Waals surface area contributed by atoms with Crippen LogP contribution in [0, 0.1) is 0 Å². The maximum Gasteiger partial charge on any atom is 0.253 e. The lowest BCUT2D eigenvalue weighted by Gasteiger charge is -2.14. The van der Waals surface area contributed by atoms with Gasteiger partial charge in [0.1, 0.15) is 0 Å². The summed E-state index contributed by atoms with van der Waals surface area (Å²) in [5.74, 6) is -0.263. The molecule has 1 aromatic rings. The standard InChI is InChI=1S/C14H21N3O2.ClH/c1-3-17(2)14(19)12-7-4-6-11(10-12)13(18)16-9-5-8-15;/h4,6-7,10H,3,5,8-9,15H2,1-2H3,(H,16,18);1H. The third-order valence-electron chi connectivity index (χ3n) is 2.86. The summed E-state index contributed by atoms with van der Waals surface area (Å²) in [5.41, 5.74) is 6.38. The Labute approximate surface area is 125 Å². The van der Waals surface area contributed by atoms with Crippen LogP contribution in [0.25, 0.3) is 0 Å². The van der Waals surface area contributed by atoms with Crippen molar-refractivity contribution < 1.29 is 9.59 Å². The predicted octanol–water partition coefficient (Wildman–Crippen LogP) is 1.28. The van der Waals surface area contributed by atoms with Gasteiger partial charge >= 0.3 is 0 Å². The lowest BCUT2D eigenvalue weighted by molar-refractivity contribution is 0.0802. The van der Waals surface area contributed by atoms with Gasteiger partial charge in [-0.05, 0) is 38.1 Å². The molecule has 1 aromatic carbocycles. The first kappa shape index (κ1) is 18.4. The fraction of sp³-hybridized carbons (Fsp3) is 0.429. The van der Waals surface area contributed by atoms with Crippen LogP contribution in [0.1, 0.15) is 34.1 Å². The zero-order chi connectivity index (χ0) is 14.3. The molecule has 0 bridgehead atoms. The molecule has 0 atom stereocenters. The summed E-state index contributed by atoms with van der Waals surface area (Å²) in [5, 5.41) is 2.77. The van der Waals surface area contributed by atoms with Crippen molar-refractivity contribution in [3.63, 3.8) is 0 Å². The topological polar surface area (TPSA) is 75.4 Å². The lowest BCUT2D eigenvalue weighted by Crippen LogP contribution is -2.28. The number of rotatable bonds is 6. The molecule has 5 nitrogen and oxygen atoms in total. The zero-order valence-electron chi connectivity index (χ0n) is 11.9. The van der Waals surface area contributed by atoms with Crippen molar-refractivity contribution in [2.24, 2.45) is 5.73 Å². The summed E-state index contributed by atoms with van der Waals surface area (Å²) in [6, 6.07) is 6.74. The molecule has 6 heteroatoms. The summed E-state index contributed by atoms with van der Waals surface area (Å²) >= 11 is 0. The number of halogens is 1. The van der Waals surface area contributed by atoms with Crippen LogP contribution in [0.5, 0.6) is 0 Å². The molecule has 112 valence electrons. The molecule has 0 fully saturated rings. The van der Waals surface area contributed by atoms with Crippen LogP contribution in [-0.2, 0) is 0 Å². The summed E-state index contributed by atoms with van der Waals surface area (Å²) in [7, 11) is 1.73. The average molecular weight is 300 g/mol. The third-order valence-corrected chi connectivity index (χ3v) is 2.86. The summed E-state index contributed by atoms with van der Waals surface area (Å²) in [6.07, 6.45) is 0.739. The van der Waals surface area contributed by atoms with Crippen molar-refractivity contribution in [1.82, 2.24) is 10.2 Å². The van der Waals surface area contributed by atoms with Gasteiger partial charge in [0.2, 0.25) is 0 Å². The van der Waals surface area contributed by atoms with Gasteiger partial charge in [-0.25, -0.2) is 0 Å². The first-order valence-corrected chi connectivity index (χ1v) is 6.44. The molecule has 0 unspecified atom stereocenters. The van der Waals surface area contributed by atoms with Crippen LogP contribution in [0.15, 0.2) is 24.3 Å². The largest absolute Gasteiger partial charge is 0.352 e. The predicted molar refractivity (Wildman–Crippen MR) is 82.3 cm³/mol. The molecule has 0 heterocycles. The Hall–Kier alpha value is -1.59. The number of nitrogens with zero attached hydrogens (tertiary/aromatic N) is 1. The number of hydrogen-bond acceptors (Lipinski definition) is 3. The van der Waals surface area contributed by atoms with Crippen molar-refractivity contribution in [2.75, 3.05) is 26.7 Å². The molecule has 0 saturated heterocycles. The number of carbonyl (C=O) groups is 2. The highest BCUT2D eigenvalue weighted by Gasteiger charge is 2.12. The molecule has 3 N–H and O–H groups in total. The second kappa shape index (κ2) is 9.34. The molecule has 0 aliphatic rings. The van der Waals surface area contributed by atoms with E-state index in [0.29, 0.717) is 30.8 Å². The Balaban J connectivity index is 0.00000361. The third kappa shape index (κ3) is 5.19.